The van der Waals surface area contributed by atoms with E-state index < -0.39 is 0 Å². The first-order valence-corrected chi connectivity index (χ1v) is 7.21. The van der Waals surface area contributed by atoms with Crippen molar-refractivity contribution in [3.63, 3.8) is 0 Å². The zero-order valence-corrected chi connectivity index (χ0v) is 12.1. The van der Waals surface area contributed by atoms with E-state index in [1.54, 1.807) is 6.20 Å². The number of thioether (sulfide) groups is 1. The number of hydrogen-bond donors (Lipinski definition) is 1. The molecule has 0 bridgehead atoms. The molecule has 0 aliphatic rings. The van der Waals surface area contributed by atoms with Crippen LogP contribution in [-0.2, 0) is 0 Å². The first kappa shape index (κ1) is 14.5. The van der Waals surface area contributed by atoms with Crippen molar-refractivity contribution in [1.29, 1.82) is 0 Å². The molecule has 4 heteroatoms. The molecule has 3 nitrogen and oxygen atoms in total. The third-order valence-electron chi connectivity index (χ3n) is 2.14. The highest BCUT2D eigenvalue weighted by Gasteiger charge is 1.98. The van der Waals surface area contributed by atoms with Gasteiger partial charge < -0.3 is 5.32 Å². The quantitative estimate of drug-likeness (QED) is 0.661. The van der Waals surface area contributed by atoms with Gasteiger partial charge in [-0.25, -0.2) is 9.97 Å². The Labute approximate surface area is 113 Å². The molecule has 0 atom stereocenters. The van der Waals surface area contributed by atoms with Crippen LogP contribution in [0.2, 0.25) is 0 Å². The average Bonchev–Trinajstić information content (AvgIpc) is 2.44. The lowest BCUT2D eigenvalue weighted by Gasteiger charge is -2.06. The number of anilines is 2. The largest absolute Gasteiger partial charge is 0.340 e. The monoisotopic (exact) mass is 261 g/mol. The Hall–Kier alpha value is -1.55. The van der Waals surface area contributed by atoms with E-state index >= 15 is 0 Å². The summed E-state index contributed by atoms with van der Waals surface area (Å²) in [5.74, 6) is 0.822. The van der Waals surface area contributed by atoms with E-state index in [0.717, 1.165) is 16.7 Å². The van der Waals surface area contributed by atoms with E-state index in [1.807, 2.05) is 38.3 Å². The van der Waals surface area contributed by atoms with Crippen LogP contribution in [0.1, 0.15) is 19.4 Å². The molecule has 0 saturated carbocycles. The van der Waals surface area contributed by atoms with Crippen molar-refractivity contribution in [2.45, 2.75) is 25.9 Å². The van der Waals surface area contributed by atoms with Crippen molar-refractivity contribution in [1.82, 2.24) is 9.97 Å². The molecule has 2 aromatic rings. The molecule has 0 saturated heterocycles. The van der Waals surface area contributed by atoms with Gasteiger partial charge in [0.15, 0.2) is 5.16 Å². The fourth-order valence-corrected chi connectivity index (χ4v) is 1.65. The van der Waals surface area contributed by atoms with Gasteiger partial charge in [0.2, 0.25) is 0 Å². The van der Waals surface area contributed by atoms with Crippen molar-refractivity contribution in [2.24, 2.45) is 0 Å². The Morgan fingerprint density at radius 2 is 1.72 bits per heavy atom. The average molecular weight is 261 g/mol. The molecule has 0 amide bonds. The van der Waals surface area contributed by atoms with E-state index in [2.05, 4.69) is 34.3 Å². The maximum absolute atomic E-state index is 4.35. The van der Waals surface area contributed by atoms with E-state index in [4.69, 9.17) is 0 Å². The maximum Gasteiger partial charge on any atom is 0.189 e. The number of benzene rings is 1. The second kappa shape index (κ2) is 7.71. The number of nitrogens with zero attached hydrogens (tertiary/aromatic N) is 2. The van der Waals surface area contributed by atoms with Gasteiger partial charge in [-0.05, 0) is 31.4 Å². The molecule has 0 unspecified atom stereocenters. The fourth-order valence-electron chi connectivity index (χ4n) is 1.29. The van der Waals surface area contributed by atoms with E-state index in [9.17, 15) is 0 Å². The summed E-state index contributed by atoms with van der Waals surface area (Å²) in [5, 5.41) is 4.02. The molecular weight excluding hydrogens is 242 g/mol. The molecule has 0 spiro atoms. The Kier molecular flexibility index (Phi) is 6.22. The van der Waals surface area contributed by atoms with E-state index in [-0.39, 0.29) is 0 Å². The van der Waals surface area contributed by atoms with Gasteiger partial charge in [0.1, 0.15) is 5.82 Å². The van der Waals surface area contributed by atoms with Gasteiger partial charge in [-0.2, -0.15) is 0 Å². The zero-order chi connectivity index (χ0) is 13.4. The third-order valence-corrected chi connectivity index (χ3v) is 2.70. The van der Waals surface area contributed by atoms with Crippen LogP contribution in [0.25, 0.3) is 0 Å². The van der Waals surface area contributed by atoms with Crippen LogP contribution in [0.3, 0.4) is 0 Å². The lowest BCUT2D eigenvalue weighted by molar-refractivity contribution is 0.975. The molecule has 18 heavy (non-hydrogen) atoms. The second-order valence-electron chi connectivity index (χ2n) is 3.42. The van der Waals surface area contributed by atoms with Crippen LogP contribution >= 0.6 is 11.8 Å². The molecule has 0 fully saturated rings. The number of nitrogens with one attached hydrogen (secondary N) is 1. The van der Waals surface area contributed by atoms with Gasteiger partial charge in [0.25, 0.3) is 0 Å². The maximum atomic E-state index is 4.35. The zero-order valence-electron chi connectivity index (χ0n) is 11.3. The predicted molar refractivity (Wildman–Crippen MR) is 79.6 cm³/mol. The summed E-state index contributed by atoms with van der Waals surface area (Å²) in [4.78, 5) is 8.48. The van der Waals surface area contributed by atoms with Crippen molar-refractivity contribution >= 4 is 23.3 Å². The fraction of sp³-hybridized carbons (Fsp3) is 0.286. The molecule has 0 aliphatic carbocycles. The molecule has 0 radical (unpaired) electrons. The minimum absolute atomic E-state index is 0.775. The van der Waals surface area contributed by atoms with Gasteiger partial charge >= 0.3 is 0 Å². The van der Waals surface area contributed by atoms with Crippen LogP contribution in [-0.4, -0.2) is 16.2 Å². The van der Waals surface area contributed by atoms with E-state index in [1.165, 1.54) is 17.3 Å². The lowest BCUT2D eigenvalue weighted by Crippen LogP contribution is -1.95. The first-order valence-electron chi connectivity index (χ1n) is 5.98. The van der Waals surface area contributed by atoms with Crippen LogP contribution < -0.4 is 5.32 Å². The van der Waals surface area contributed by atoms with Crippen molar-refractivity contribution < 1.29 is 0 Å². The smallest absolute Gasteiger partial charge is 0.189 e. The molecule has 96 valence electrons. The van der Waals surface area contributed by atoms with Gasteiger partial charge in [-0.3, -0.25) is 0 Å². The summed E-state index contributed by atoms with van der Waals surface area (Å²) in [6.45, 7) is 6.07. The standard InChI is InChI=1S/C12H13N3S.C2H6/c1-9-3-5-10(6-4-9)14-11-7-8-13-12(15-11)16-2;1-2/h3-8H,1-2H3,(H,13,14,15);1-2H3. The Morgan fingerprint density at radius 3 is 2.33 bits per heavy atom. The molecule has 1 aromatic carbocycles. The Bertz CT molecular complexity index is 469. The third kappa shape index (κ3) is 4.37. The topological polar surface area (TPSA) is 37.8 Å². The second-order valence-corrected chi connectivity index (χ2v) is 4.19. The van der Waals surface area contributed by atoms with Crippen molar-refractivity contribution in [3.8, 4) is 0 Å². The predicted octanol–water partition coefficient (Wildman–Crippen LogP) is 4.28. The number of hydrogen-bond acceptors (Lipinski definition) is 4. The first-order chi connectivity index (χ1) is 8.78. The van der Waals surface area contributed by atoms with Crippen LogP contribution in [0.4, 0.5) is 11.5 Å². The summed E-state index contributed by atoms with van der Waals surface area (Å²) in [6.07, 6.45) is 3.72. The Balaban J connectivity index is 0.000000771. The molecule has 1 aromatic heterocycles. The van der Waals surface area contributed by atoms with Gasteiger partial charge in [-0.15, -0.1) is 0 Å². The summed E-state index contributed by atoms with van der Waals surface area (Å²) in [7, 11) is 0. The van der Waals surface area contributed by atoms with Crippen LogP contribution in [0, 0.1) is 6.92 Å². The molecule has 0 aliphatic heterocycles. The molecular formula is C14H19N3S. The highest BCUT2D eigenvalue weighted by Crippen LogP contribution is 2.16. The minimum atomic E-state index is 0.775. The summed E-state index contributed by atoms with van der Waals surface area (Å²) >= 11 is 1.53. The highest BCUT2D eigenvalue weighted by atomic mass is 32.2. The SMILES string of the molecule is CC.CSc1nccc(Nc2ccc(C)cc2)n1. The molecule has 2 rings (SSSR count). The summed E-state index contributed by atoms with van der Waals surface area (Å²) in [5.41, 5.74) is 2.29. The number of aryl methyl sites for hydroxylation is 1. The Morgan fingerprint density at radius 1 is 1.06 bits per heavy atom. The van der Waals surface area contributed by atoms with Crippen molar-refractivity contribution in [2.75, 3.05) is 11.6 Å². The number of rotatable bonds is 3. The number of aromatic nitrogens is 2. The summed E-state index contributed by atoms with van der Waals surface area (Å²) in [6, 6.07) is 10.1. The van der Waals surface area contributed by atoms with Gasteiger partial charge in [0, 0.05) is 11.9 Å². The minimum Gasteiger partial charge on any atom is -0.340 e. The normalized spacial score (nSPS) is 9.33. The molecule has 1 heterocycles. The molecule has 1 N–H and O–H groups in total. The van der Waals surface area contributed by atoms with Gasteiger partial charge in [0.05, 0.1) is 0 Å². The van der Waals surface area contributed by atoms with Crippen LogP contribution in [0.15, 0.2) is 41.7 Å². The lowest BCUT2D eigenvalue weighted by atomic mass is 10.2. The van der Waals surface area contributed by atoms with Crippen LogP contribution in [0.5, 0.6) is 0 Å². The highest BCUT2D eigenvalue weighted by molar-refractivity contribution is 7.98. The van der Waals surface area contributed by atoms with Gasteiger partial charge in [-0.1, -0.05) is 43.3 Å². The van der Waals surface area contributed by atoms with Crippen molar-refractivity contribution in [3.05, 3.63) is 42.1 Å². The summed E-state index contributed by atoms with van der Waals surface area (Å²) < 4.78 is 0. The van der Waals surface area contributed by atoms with E-state index in [0.29, 0.717) is 0 Å².